The topological polar surface area (TPSA) is 44.1 Å². The SMILES string of the molecule is COc1nn(-c2ccccc2Cl)cc1C=O. The van der Waals surface area contributed by atoms with Crippen LogP contribution in [0.15, 0.2) is 30.5 Å². The molecule has 0 aliphatic rings. The molecule has 0 radical (unpaired) electrons. The van der Waals surface area contributed by atoms with E-state index in [0.29, 0.717) is 22.6 Å². The Hall–Kier alpha value is -1.81. The zero-order chi connectivity index (χ0) is 11.5. The standard InChI is InChI=1S/C11H9ClN2O2/c1-16-11-8(7-15)6-14(13-11)10-5-3-2-4-9(10)12/h2-7H,1H3. The summed E-state index contributed by atoms with van der Waals surface area (Å²) in [6.45, 7) is 0. The number of carbonyl (C=O) groups is 1. The van der Waals surface area contributed by atoms with E-state index in [-0.39, 0.29) is 5.88 Å². The zero-order valence-electron chi connectivity index (χ0n) is 8.55. The Morgan fingerprint density at radius 1 is 1.44 bits per heavy atom. The van der Waals surface area contributed by atoms with E-state index in [9.17, 15) is 4.79 Å². The minimum atomic E-state index is 0.287. The minimum Gasteiger partial charge on any atom is -0.479 e. The lowest BCUT2D eigenvalue weighted by atomic mass is 10.3. The van der Waals surface area contributed by atoms with Crippen molar-refractivity contribution in [2.75, 3.05) is 7.11 Å². The number of nitrogens with zero attached hydrogens (tertiary/aromatic N) is 2. The number of aldehydes is 1. The second-order valence-electron chi connectivity index (χ2n) is 3.11. The number of rotatable bonds is 3. The third kappa shape index (κ3) is 1.79. The van der Waals surface area contributed by atoms with Gasteiger partial charge in [0.15, 0.2) is 6.29 Å². The highest BCUT2D eigenvalue weighted by atomic mass is 35.5. The molecule has 1 heterocycles. The number of benzene rings is 1. The van der Waals surface area contributed by atoms with Crippen molar-refractivity contribution in [1.29, 1.82) is 0 Å². The lowest BCUT2D eigenvalue weighted by Gasteiger charge is -2.02. The molecule has 2 rings (SSSR count). The Balaban J connectivity index is 2.53. The number of aromatic nitrogens is 2. The summed E-state index contributed by atoms with van der Waals surface area (Å²) in [6, 6.07) is 7.23. The van der Waals surface area contributed by atoms with Crippen molar-refractivity contribution >= 4 is 17.9 Å². The molecule has 0 aliphatic carbocycles. The van der Waals surface area contributed by atoms with Gasteiger partial charge in [-0.05, 0) is 12.1 Å². The minimum absolute atomic E-state index is 0.287. The molecule has 0 fully saturated rings. The van der Waals surface area contributed by atoms with Crippen molar-refractivity contribution in [2.45, 2.75) is 0 Å². The molecule has 0 aliphatic heterocycles. The number of methoxy groups -OCH3 is 1. The lowest BCUT2D eigenvalue weighted by Crippen LogP contribution is -1.95. The molecule has 0 saturated carbocycles. The number of para-hydroxylation sites is 1. The van der Waals surface area contributed by atoms with Gasteiger partial charge in [-0.25, -0.2) is 4.68 Å². The van der Waals surface area contributed by atoms with Crippen LogP contribution in [0.5, 0.6) is 5.88 Å². The maximum atomic E-state index is 10.7. The second kappa shape index (κ2) is 4.37. The van der Waals surface area contributed by atoms with Gasteiger partial charge in [0.1, 0.15) is 0 Å². The Bertz CT molecular complexity index is 522. The first-order valence-electron chi connectivity index (χ1n) is 4.60. The molecular formula is C11H9ClN2O2. The summed E-state index contributed by atoms with van der Waals surface area (Å²) in [5, 5.41) is 4.67. The fourth-order valence-electron chi connectivity index (χ4n) is 1.37. The summed E-state index contributed by atoms with van der Waals surface area (Å²) in [4.78, 5) is 10.7. The van der Waals surface area contributed by atoms with Crippen LogP contribution in [-0.4, -0.2) is 23.2 Å². The number of hydrogen-bond acceptors (Lipinski definition) is 3. The zero-order valence-corrected chi connectivity index (χ0v) is 9.31. The average Bonchev–Trinajstić information content (AvgIpc) is 2.72. The molecule has 1 aromatic carbocycles. The molecule has 16 heavy (non-hydrogen) atoms. The van der Waals surface area contributed by atoms with Crippen LogP contribution in [0.3, 0.4) is 0 Å². The fraction of sp³-hybridized carbons (Fsp3) is 0.0909. The van der Waals surface area contributed by atoms with Crippen LogP contribution in [0.1, 0.15) is 10.4 Å². The second-order valence-corrected chi connectivity index (χ2v) is 3.51. The number of carbonyl (C=O) groups excluding carboxylic acids is 1. The van der Waals surface area contributed by atoms with Crippen LogP contribution < -0.4 is 4.74 Å². The quantitative estimate of drug-likeness (QED) is 0.769. The lowest BCUT2D eigenvalue weighted by molar-refractivity contribution is 0.112. The Kier molecular flexibility index (Phi) is 2.92. The van der Waals surface area contributed by atoms with E-state index < -0.39 is 0 Å². The maximum Gasteiger partial charge on any atom is 0.243 e. The predicted molar refractivity (Wildman–Crippen MR) is 60.5 cm³/mol. The molecule has 0 saturated heterocycles. The molecule has 0 amide bonds. The van der Waals surface area contributed by atoms with Gasteiger partial charge in [0.25, 0.3) is 0 Å². The number of halogens is 1. The van der Waals surface area contributed by atoms with Crippen molar-refractivity contribution in [3.05, 3.63) is 41.0 Å². The largest absolute Gasteiger partial charge is 0.479 e. The van der Waals surface area contributed by atoms with E-state index in [0.717, 1.165) is 0 Å². The molecule has 0 spiro atoms. The first-order valence-corrected chi connectivity index (χ1v) is 4.98. The summed E-state index contributed by atoms with van der Waals surface area (Å²) in [5.74, 6) is 0.287. The van der Waals surface area contributed by atoms with Gasteiger partial charge in [-0.3, -0.25) is 4.79 Å². The van der Waals surface area contributed by atoms with Crippen molar-refractivity contribution < 1.29 is 9.53 Å². The van der Waals surface area contributed by atoms with Gasteiger partial charge in [0, 0.05) is 6.20 Å². The normalized spacial score (nSPS) is 10.1. The molecule has 4 nitrogen and oxygen atoms in total. The number of hydrogen-bond donors (Lipinski definition) is 0. The molecule has 0 atom stereocenters. The summed E-state index contributed by atoms with van der Waals surface area (Å²) >= 11 is 6.02. The first-order chi connectivity index (χ1) is 7.76. The third-order valence-electron chi connectivity index (χ3n) is 2.13. The molecule has 2 aromatic rings. The van der Waals surface area contributed by atoms with E-state index in [1.807, 2.05) is 18.2 Å². The summed E-state index contributed by atoms with van der Waals surface area (Å²) in [7, 11) is 1.46. The van der Waals surface area contributed by atoms with Gasteiger partial charge in [-0.2, -0.15) is 0 Å². The van der Waals surface area contributed by atoms with E-state index in [2.05, 4.69) is 5.10 Å². The highest BCUT2D eigenvalue weighted by Gasteiger charge is 2.10. The molecule has 0 unspecified atom stereocenters. The Labute approximate surface area is 97.4 Å². The average molecular weight is 237 g/mol. The highest BCUT2D eigenvalue weighted by Crippen LogP contribution is 2.22. The highest BCUT2D eigenvalue weighted by molar-refractivity contribution is 6.32. The molecular weight excluding hydrogens is 228 g/mol. The van der Waals surface area contributed by atoms with E-state index >= 15 is 0 Å². The van der Waals surface area contributed by atoms with E-state index in [1.54, 1.807) is 12.3 Å². The van der Waals surface area contributed by atoms with Gasteiger partial charge in [-0.1, -0.05) is 23.7 Å². The van der Waals surface area contributed by atoms with Crippen molar-refractivity contribution in [2.24, 2.45) is 0 Å². The molecule has 82 valence electrons. The van der Waals surface area contributed by atoms with Gasteiger partial charge < -0.3 is 4.74 Å². The summed E-state index contributed by atoms with van der Waals surface area (Å²) in [5.41, 5.74) is 1.10. The molecule has 0 bridgehead atoms. The van der Waals surface area contributed by atoms with E-state index in [1.165, 1.54) is 11.8 Å². The summed E-state index contributed by atoms with van der Waals surface area (Å²) < 4.78 is 6.49. The van der Waals surface area contributed by atoms with Crippen LogP contribution >= 0.6 is 11.6 Å². The summed E-state index contributed by atoms with van der Waals surface area (Å²) in [6.07, 6.45) is 2.27. The van der Waals surface area contributed by atoms with Gasteiger partial charge >= 0.3 is 0 Å². The van der Waals surface area contributed by atoms with E-state index in [4.69, 9.17) is 16.3 Å². The van der Waals surface area contributed by atoms with Gasteiger partial charge in [-0.15, -0.1) is 5.10 Å². The maximum absolute atomic E-state index is 10.7. The van der Waals surface area contributed by atoms with Crippen LogP contribution in [-0.2, 0) is 0 Å². The monoisotopic (exact) mass is 236 g/mol. The number of ether oxygens (including phenoxy) is 1. The van der Waals surface area contributed by atoms with Gasteiger partial charge in [0.05, 0.1) is 23.4 Å². The van der Waals surface area contributed by atoms with Crippen molar-refractivity contribution in [3.8, 4) is 11.6 Å². The van der Waals surface area contributed by atoms with Crippen LogP contribution in [0.4, 0.5) is 0 Å². The molecule has 0 N–H and O–H groups in total. The predicted octanol–water partition coefficient (Wildman–Crippen LogP) is 2.35. The van der Waals surface area contributed by atoms with Gasteiger partial charge in [0.2, 0.25) is 5.88 Å². The van der Waals surface area contributed by atoms with Crippen LogP contribution in [0, 0.1) is 0 Å². The van der Waals surface area contributed by atoms with Crippen LogP contribution in [0.25, 0.3) is 5.69 Å². The Morgan fingerprint density at radius 3 is 2.75 bits per heavy atom. The Morgan fingerprint density at radius 2 is 2.19 bits per heavy atom. The fourth-order valence-corrected chi connectivity index (χ4v) is 1.59. The van der Waals surface area contributed by atoms with Crippen molar-refractivity contribution in [1.82, 2.24) is 9.78 Å². The first kappa shape index (κ1) is 10.7. The molecule has 1 aromatic heterocycles. The molecule has 5 heteroatoms. The van der Waals surface area contributed by atoms with Crippen molar-refractivity contribution in [3.63, 3.8) is 0 Å². The smallest absolute Gasteiger partial charge is 0.243 e. The third-order valence-corrected chi connectivity index (χ3v) is 2.45. The van der Waals surface area contributed by atoms with Crippen LogP contribution in [0.2, 0.25) is 5.02 Å².